The van der Waals surface area contributed by atoms with Gasteiger partial charge in [-0.05, 0) is 51.2 Å². The van der Waals surface area contributed by atoms with Gasteiger partial charge in [0.1, 0.15) is 16.2 Å². The third kappa shape index (κ3) is 6.95. The van der Waals surface area contributed by atoms with Crippen LogP contribution in [0.4, 0.5) is 0 Å². The van der Waals surface area contributed by atoms with E-state index in [2.05, 4.69) is 6.58 Å². The Kier molecular flexibility index (Phi) is 12.9. The summed E-state index contributed by atoms with van der Waals surface area (Å²) in [6.45, 7) is 18.2. The Hall–Kier alpha value is -1.60. The minimum Gasteiger partial charge on any atom is -0.507 e. The summed E-state index contributed by atoms with van der Waals surface area (Å²) >= 11 is 3.03. The van der Waals surface area contributed by atoms with Gasteiger partial charge in [-0.1, -0.05) is 32.1 Å². The summed E-state index contributed by atoms with van der Waals surface area (Å²) in [6.07, 6.45) is 2.41. The van der Waals surface area contributed by atoms with Gasteiger partial charge in [0.25, 0.3) is 0 Å². The number of nitrogens with zero attached hydrogens (tertiary/aromatic N) is 2. The molecule has 2 amide bonds. The van der Waals surface area contributed by atoms with Crippen molar-refractivity contribution < 1.29 is 14.7 Å². The van der Waals surface area contributed by atoms with Crippen molar-refractivity contribution in [2.45, 2.75) is 58.5 Å². The molecule has 0 bridgehead atoms. The maximum Gasteiger partial charge on any atom is 0.240 e. The summed E-state index contributed by atoms with van der Waals surface area (Å²) in [4.78, 5) is 30.3. The van der Waals surface area contributed by atoms with Crippen LogP contribution in [0.1, 0.15) is 68.7 Å². The number of benzene rings is 1. The molecule has 0 radical (unpaired) electrons. The predicted octanol–water partition coefficient (Wildman–Crippen LogP) is 5.45. The highest BCUT2D eigenvalue weighted by molar-refractivity contribution is 8.00. The molecule has 0 aromatic heterocycles. The summed E-state index contributed by atoms with van der Waals surface area (Å²) in [5, 5.41) is 10.4. The van der Waals surface area contributed by atoms with Gasteiger partial charge in [0, 0.05) is 37.3 Å². The summed E-state index contributed by atoms with van der Waals surface area (Å²) < 4.78 is 0. The number of hydrogen-bond donors (Lipinski definition) is 1. The lowest BCUT2D eigenvalue weighted by atomic mass is 9.96. The molecule has 2 unspecified atom stereocenters. The average Bonchev–Trinajstić information content (AvgIpc) is 2.79. The number of aromatic hydroxyl groups is 1. The molecule has 0 aliphatic carbocycles. The van der Waals surface area contributed by atoms with Gasteiger partial charge in [0.15, 0.2) is 0 Å². The molecule has 0 fully saturated rings. The van der Waals surface area contributed by atoms with Crippen molar-refractivity contribution in [1.82, 2.24) is 9.80 Å². The van der Waals surface area contributed by atoms with Crippen molar-refractivity contribution >= 4 is 35.3 Å². The van der Waals surface area contributed by atoms with Gasteiger partial charge in [-0.2, -0.15) is 0 Å². The molecule has 5 nitrogen and oxygen atoms in total. The largest absolute Gasteiger partial charge is 0.507 e. The lowest BCUT2D eigenvalue weighted by Crippen LogP contribution is -2.35. The van der Waals surface area contributed by atoms with Crippen molar-refractivity contribution in [3.8, 4) is 5.75 Å². The number of likely N-dealkylation sites (N-methyl/N-ethyl adjacent to an activating group) is 2. The first-order valence-electron chi connectivity index (χ1n) is 11.6. The van der Waals surface area contributed by atoms with Crippen molar-refractivity contribution in [2.24, 2.45) is 0 Å². The number of allylic oxidation sites excluding steroid dienone is 1. The summed E-state index contributed by atoms with van der Waals surface area (Å²) in [5.74, 6) is 1.53. The summed E-state index contributed by atoms with van der Waals surface area (Å²) in [6, 6.07) is 3.82. The van der Waals surface area contributed by atoms with E-state index in [-0.39, 0.29) is 17.6 Å². The molecule has 1 N–H and O–H groups in total. The molecule has 1 rings (SSSR count). The van der Waals surface area contributed by atoms with Gasteiger partial charge in [0.2, 0.25) is 11.8 Å². The van der Waals surface area contributed by atoms with E-state index < -0.39 is 10.5 Å². The number of carbonyl (C=O) groups excluding carboxylic acids is 2. The molecule has 2 atom stereocenters. The van der Waals surface area contributed by atoms with Crippen LogP contribution in [0.3, 0.4) is 0 Å². The highest BCUT2D eigenvalue weighted by Gasteiger charge is 2.33. The fraction of sp³-hybridized carbons (Fsp3) is 0.600. The van der Waals surface area contributed by atoms with Crippen LogP contribution in [0, 0.1) is 0 Å². The first kappa shape index (κ1) is 28.4. The normalized spacial score (nSPS) is 12.8. The second-order valence-corrected chi connectivity index (χ2v) is 10.1. The van der Waals surface area contributed by atoms with Crippen molar-refractivity contribution in [3.05, 3.63) is 41.5 Å². The first-order valence-corrected chi connectivity index (χ1v) is 13.7. The Bertz CT molecular complexity index is 707. The van der Waals surface area contributed by atoms with E-state index >= 15 is 0 Å². The Morgan fingerprint density at radius 2 is 1.25 bits per heavy atom. The van der Waals surface area contributed by atoms with E-state index in [4.69, 9.17) is 0 Å². The average molecular weight is 481 g/mol. The smallest absolute Gasteiger partial charge is 0.240 e. The number of rotatable bonds is 14. The third-order valence-electron chi connectivity index (χ3n) is 5.44. The van der Waals surface area contributed by atoms with Crippen molar-refractivity contribution in [1.29, 1.82) is 0 Å². The Morgan fingerprint density at radius 1 is 0.875 bits per heavy atom. The quantitative estimate of drug-likeness (QED) is 0.359. The number of hydrogen-bond acceptors (Lipinski definition) is 5. The zero-order valence-corrected chi connectivity index (χ0v) is 22.2. The van der Waals surface area contributed by atoms with E-state index in [1.54, 1.807) is 9.80 Å². The maximum absolute atomic E-state index is 13.4. The van der Waals surface area contributed by atoms with Crippen molar-refractivity contribution in [3.63, 3.8) is 0 Å². The maximum atomic E-state index is 13.4. The highest BCUT2D eigenvalue weighted by Crippen LogP contribution is 2.44. The van der Waals surface area contributed by atoms with E-state index in [1.807, 2.05) is 59.8 Å². The van der Waals surface area contributed by atoms with E-state index in [9.17, 15) is 14.7 Å². The molecular formula is C25H40N2O3S2. The molecule has 1 aromatic carbocycles. The highest BCUT2D eigenvalue weighted by atomic mass is 32.2. The van der Waals surface area contributed by atoms with E-state index in [0.717, 1.165) is 17.1 Å². The predicted molar refractivity (Wildman–Crippen MR) is 140 cm³/mol. The monoisotopic (exact) mass is 480 g/mol. The van der Waals surface area contributed by atoms with Crippen LogP contribution >= 0.6 is 23.5 Å². The molecule has 180 valence electrons. The zero-order valence-electron chi connectivity index (χ0n) is 20.5. The van der Waals surface area contributed by atoms with Gasteiger partial charge in [-0.25, -0.2) is 0 Å². The van der Waals surface area contributed by atoms with Crippen LogP contribution < -0.4 is 0 Å². The fourth-order valence-electron chi connectivity index (χ4n) is 3.75. The Morgan fingerprint density at radius 3 is 1.53 bits per heavy atom. The Balaban J connectivity index is 3.71. The van der Waals surface area contributed by atoms with Crippen LogP contribution in [0.2, 0.25) is 0 Å². The van der Waals surface area contributed by atoms with E-state index in [1.165, 1.54) is 23.5 Å². The second kappa shape index (κ2) is 14.5. The number of carbonyl (C=O) groups is 2. The van der Waals surface area contributed by atoms with Crippen LogP contribution in [0.15, 0.2) is 24.8 Å². The number of amides is 2. The van der Waals surface area contributed by atoms with E-state index in [0.29, 0.717) is 43.7 Å². The van der Waals surface area contributed by atoms with Gasteiger partial charge in [-0.15, -0.1) is 30.1 Å². The molecule has 32 heavy (non-hydrogen) atoms. The molecular weight excluding hydrogens is 440 g/mol. The van der Waals surface area contributed by atoms with Gasteiger partial charge < -0.3 is 14.9 Å². The lowest BCUT2D eigenvalue weighted by Gasteiger charge is -2.29. The minimum absolute atomic E-state index is 0.00591. The number of phenols is 1. The second-order valence-electron chi connectivity index (χ2n) is 7.31. The molecule has 7 heteroatoms. The Labute approximate surface area is 203 Å². The molecule has 0 saturated carbocycles. The standard InChI is InChI=1S/C25H40N2O3S2/c1-8-15-18-16-19(22(31-13-6)24(29)26(9-2)10-3)21(28)20(17-18)23(32-14-7)25(30)27(11-4)12-5/h8,16-17,22-23,28H,1,9-15H2,2-7H3. The third-order valence-corrected chi connectivity index (χ3v) is 7.68. The van der Waals surface area contributed by atoms with Gasteiger partial charge in [0.05, 0.1) is 0 Å². The van der Waals surface area contributed by atoms with Crippen LogP contribution in [-0.2, 0) is 16.0 Å². The zero-order chi connectivity index (χ0) is 24.3. The molecule has 1 aromatic rings. The summed E-state index contributed by atoms with van der Waals surface area (Å²) in [7, 11) is 0. The summed E-state index contributed by atoms with van der Waals surface area (Å²) in [5.41, 5.74) is 2.14. The molecule has 0 saturated heterocycles. The molecule has 0 heterocycles. The van der Waals surface area contributed by atoms with Gasteiger partial charge >= 0.3 is 0 Å². The van der Waals surface area contributed by atoms with Crippen LogP contribution in [-0.4, -0.2) is 64.4 Å². The SMILES string of the molecule is C=CCc1cc(C(SCC)C(=O)N(CC)CC)c(O)c(C(SCC)C(=O)N(CC)CC)c1. The van der Waals surface area contributed by atoms with Crippen molar-refractivity contribution in [2.75, 3.05) is 37.7 Å². The number of phenolic OH excluding ortho intramolecular Hbond substituents is 1. The molecule has 0 spiro atoms. The fourth-order valence-corrected chi connectivity index (χ4v) is 5.72. The first-order chi connectivity index (χ1) is 15.3. The van der Waals surface area contributed by atoms with Gasteiger partial charge in [-0.3, -0.25) is 9.59 Å². The lowest BCUT2D eigenvalue weighted by molar-refractivity contribution is -0.131. The number of thioether (sulfide) groups is 2. The topological polar surface area (TPSA) is 60.9 Å². The van der Waals surface area contributed by atoms with Crippen LogP contribution in [0.5, 0.6) is 5.75 Å². The molecule has 0 aliphatic rings. The minimum atomic E-state index is -0.515. The molecule has 0 aliphatic heterocycles. The van der Waals surface area contributed by atoms with Crippen LogP contribution in [0.25, 0.3) is 0 Å².